The molecule has 3 rings (SSSR count). The summed E-state index contributed by atoms with van der Waals surface area (Å²) in [6.07, 6.45) is 10.5. The topological polar surface area (TPSA) is 143 Å². The van der Waals surface area contributed by atoms with Crippen molar-refractivity contribution in [2.24, 2.45) is 0 Å². The molecule has 200 valence electrons. The lowest BCUT2D eigenvalue weighted by molar-refractivity contribution is -0.385. The molecule has 0 N–H and O–H groups in total. The van der Waals surface area contributed by atoms with Crippen LogP contribution in [0.5, 0.6) is 0 Å². The molecule has 1 aliphatic heterocycles. The summed E-state index contributed by atoms with van der Waals surface area (Å²) in [4.78, 5) is 18.3. The zero-order valence-electron chi connectivity index (χ0n) is 20.6. The molecule has 14 heteroatoms. The number of terminal acetylenes is 1. The molecule has 1 aromatic carbocycles. The second kappa shape index (κ2) is 11.9. The highest BCUT2D eigenvalue weighted by molar-refractivity contribution is 7.89. The van der Waals surface area contributed by atoms with Gasteiger partial charge in [0.05, 0.1) is 29.0 Å². The van der Waals surface area contributed by atoms with Gasteiger partial charge in [0, 0.05) is 69.5 Å². The van der Waals surface area contributed by atoms with Crippen LogP contribution in [-0.2, 0) is 24.3 Å². The predicted octanol–water partition coefficient (Wildman–Crippen LogP) is 1.67. The van der Waals surface area contributed by atoms with Crippen LogP contribution in [0, 0.1) is 22.5 Å². The van der Waals surface area contributed by atoms with Crippen LogP contribution in [0.3, 0.4) is 0 Å². The smallest absolute Gasteiger partial charge is 0.272 e. The molecule has 1 fully saturated rings. The number of nitro benzene ring substituents is 1. The molecule has 1 aliphatic rings. The Morgan fingerprint density at radius 1 is 1.14 bits per heavy atom. The summed E-state index contributed by atoms with van der Waals surface area (Å²) >= 11 is 0. The minimum absolute atomic E-state index is 0.00570. The maximum Gasteiger partial charge on any atom is 0.272 e. The van der Waals surface area contributed by atoms with Crippen LogP contribution in [0.1, 0.15) is 18.9 Å². The summed E-state index contributed by atoms with van der Waals surface area (Å²) in [6.45, 7) is 3.07. The number of rotatable bonds is 11. The van der Waals surface area contributed by atoms with Gasteiger partial charge < -0.3 is 9.80 Å². The molecule has 1 aromatic heterocycles. The van der Waals surface area contributed by atoms with Gasteiger partial charge >= 0.3 is 0 Å². The van der Waals surface area contributed by atoms with Crippen LogP contribution < -0.4 is 9.80 Å². The van der Waals surface area contributed by atoms with Crippen LogP contribution in [0.2, 0.25) is 0 Å². The molecule has 2 heterocycles. The molecular formula is C23H29N5O7S2. The molecule has 0 atom stereocenters. The van der Waals surface area contributed by atoms with E-state index in [1.165, 1.54) is 4.31 Å². The fourth-order valence-electron chi connectivity index (χ4n) is 4.12. The van der Waals surface area contributed by atoms with Gasteiger partial charge in [-0.25, -0.2) is 8.42 Å². The quantitative estimate of drug-likeness (QED) is 0.175. The van der Waals surface area contributed by atoms with Crippen molar-refractivity contribution < 1.29 is 25.9 Å². The van der Waals surface area contributed by atoms with Crippen molar-refractivity contribution in [1.29, 1.82) is 0 Å². The van der Waals surface area contributed by atoms with E-state index < -0.39 is 30.8 Å². The first-order chi connectivity index (χ1) is 17.5. The van der Waals surface area contributed by atoms with Crippen LogP contribution in [0.25, 0.3) is 0 Å². The lowest BCUT2D eigenvalue weighted by Crippen LogP contribution is -2.49. The van der Waals surface area contributed by atoms with Gasteiger partial charge in [-0.05, 0) is 18.6 Å². The van der Waals surface area contributed by atoms with Crippen molar-refractivity contribution in [3.63, 3.8) is 0 Å². The van der Waals surface area contributed by atoms with Crippen LogP contribution in [-0.4, -0.2) is 83.2 Å². The normalized spacial score (nSPS) is 14.8. The molecular weight excluding hydrogens is 522 g/mol. The van der Waals surface area contributed by atoms with Crippen molar-refractivity contribution in [2.45, 2.75) is 18.2 Å². The standard InChI is InChI=1S/C23H29N5O7S2/c1-4-10-26(15-16-35-36(3,31)32)23-19(5-2)17-21(28(29)30)18-22(23)37(33,34)27-13-11-25(12-14-27)20-6-8-24-9-7-20/h2,6-9,17-18H,4,10-16H2,1,3H3. The Kier molecular flexibility index (Phi) is 9.08. The van der Waals surface area contributed by atoms with Crippen molar-refractivity contribution in [1.82, 2.24) is 9.29 Å². The summed E-state index contributed by atoms with van der Waals surface area (Å²) in [7, 11) is -7.94. The monoisotopic (exact) mass is 551 g/mol. The predicted molar refractivity (Wildman–Crippen MR) is 140 cm³/mol. The van der Waals surface area contributed by atoms with Crippen molar-refractivity contribution in [3.05, 3.63) is 52.3 Å². The Morgan fingerprint density at radius 3 is 2.32 bits per heavy atom. The van der Waals surface area contributed by atoms with Crippen molar-refractivity contribution >= 4 is 37.2 Å². The molecule has 0 radical (unpaired) electrons. The lowest BCUT2D eigenvalue weighted by Gasteiger charge is -2.36. The molecule has 2 aromatic rings. The van der Waals surface area contributed by atoms with Crippen LogP contribution in [0.15, 0.2) is 41.6 Å². The number of sulfonamides is 1. The number of piperazine rings is 1. The van der Waals surface area contributed by atoms with Gasteiger partial charge in [-0.3, -0.25) is 19.3 Å². The van der Waals surface area contributed by atoms with Crippen LogP contribution >= 0.6 is 0 Å². The molecule has 0 spiro atoms. The Labute approximate surface area is 217 Å². The van der Waals surface area contributed by atoms with Gasteiger partial charge in [0.25, 0.3) is 15.8 Å². The maximum absolute atomic E-state index is 13.9. The zero-order chi connectivity index (χ0) is 27.2. The summed E-state index contributed by atoms with van der Waals surface area (Å²) in [5.41, 5.74) is 0.604. The minimum atomic E-state index is -4.21. The van der Waals surface area contributed by atoms with E-state index in [2.05, 4.69) is 10.9 Å². The van der Waals surface area contributed by atoms with E-state index >= 15 is 0 Å². The van der Waals surface area contributed by atoms with Gasteiger partial charge in [-0.2, -0.15) is 12.7 Å². The fraction of sp³-hybridized carbons (Fsp3) is 0.435. The molecule has 0 amide bonds. The first-order valence-corrected chi connectivity index (χ1v) is 14.8. The van der Waals surface area contributed by atoms with E-state index in [1.54, 1.807) is 17.3 Å². The third-order valence-electron chi connectivity index (χ3n) is 5.78. The highest BCUT2D eigenvalue weighted by atomic mass is 32.2. The highest BCUT2D eigenvalue weighted by Crippen LogP contribution is 2.36. The van der Waals surface area contributed by atoms with Gasteiger partial charge in [-0.1, -0.05) is 12.8 Å². The number of nitro groups is 1. The van der Waals surface area contributed by atoms with E-state index in [1.807, 2.05) is 24.0 Å². The lowest BCUT2D eigenvalue weighted by atomic mass is 10.1. The third kappa shape index (κ3) is 6.95. The Hall–Kier alpha value is -3.25. The van der Waals surface area contributed by atoms with E-state index in [0.29, 0.717) is 26.1 Å². The van der Waals surface area contributed by atoms with E-state index in [9.17, 15) is 26.9 Å². The first kappa shape index (κ1) is 28.3. The molecule has 1 saturated heterocycles. The van der Waals surface area contributed by atoms with Crippen molar-refractivity contribution in [2.75, 3.05) is 61.9 Å². The highest BCUT2D eigenvalue weighted by Gasteiger charge is 2.34. The van der Waals surface area contributed by atoms with E-state index in [4.69, 9.17) is 10.6 Å². The van der Waals surface area contributed by atoms with E-state index in [0.717, 1.165) is 24.1 Å². The number of nitrogens with zero attached hydrogens (tertiary/aromatic N) is 5. The molecule has 12 nitrogen and oxygen atoms in total. The van der Waals surface area contributed by atoms with Gasteiger partial charge in [0.15, 0.2) is 0 Å². The fourth-order valence-corrected chi connectivity index (χ4v) is 6.17. The third-order valence-corrected chi connectivity index (χ3v) is 8.29. The molecule has 0 saturated carbocycles. The summed E-state index contributed by atoms with van der Waals surface area (Å²) in [5, 5.41) is 11.6. The molecule has 0 bridgehead atoms. The zero-order valence-corrected chi connectivity index (χ0v) is 22.2. The number of hydrogen-bond donors (Lipinski definition) is 0. The van der Waals surface area contributed by atoms with E-state index in [-0.39, 0.29) is 42.4 Å². The minimum Gasteiger partial charge on any atom is -0.369 e. The van der Waals surface area contributed by atoms with Gasteiger partial charge in [-0.15, -0.1) is 6.42 Å². The maximum atomic E-state index is 13.9. The summed E-state index contributed by atoms with van der Waals surface area (Å²) in [5.74, 6) is 2.38. The number of benzene rings is 1. The second-order valence-electron chi connectivity index (χ2n) is 8.35. The molecule has 37 heavy (non-hydrogen) atoms. The molecule has 0 unspecified atom stereocenters. The average molecular weight is 552 g/mol. The number of hydrogen-bond acceptors (Lipinski definition) is 10. The van der Waals surface area contributed by atoms with Gasteiger partial charge in [0.2, 0.25) is 10.0 Å². The molecule has 0 aliphatic carbocycles. The SMILES string of the molecule is C#Cc1cc([N+](=O)[O-])cc(S(=O)(=O)N2CCN(c3ccncc3)CC2)c1N(CCC)CCOS(C)(=O)=O. The number of anilines is 2. The number of pyridine rings is 1. The van der Waals surface area contributed by atoms with Gasteiger partial charge in [0.1, 0.15) is 4.90 Å². The summed E-state index contributed by atoms with van der Waals surface area (Å²) < 4.78 is 56.8. The second-order valence-corrected chi connectivity index (χ2v) is 11.9. The number of aromatic nitrogens is 1. The summed E-state index contributed by atoms with van der Waals surface area (Å²) in [6, 6.07) is 5.84. The Morgan fingerprint density at radius 2 is 1.78 bits per heavy atom. The Balaban J connectivity index is 2.02. The first-order valence-electron chi connectivity index (χ1n) is 11.5. The number of non-ortho nitro benzene ring substituents is 1. The largest absolute Gasteiger partial charge is 0.369 e. The average Bonchev–Trinajstić information content (AvgIpc) is 2.87. The van der Waals surface area contributed by atoms with Crippen LogP contribution in [0.4, 0.5) is 17.1 Å². The Bertz CT molecular complexity index is 1370. The van der Waals surface area contributed by atoms with Crippen molar-refractivity contribution in [3.8, 4) is 12.3 Å².